The van der Waals surface area contributed by atoms with Crippen molar-refractivity contribution in [2.75, 3.05) is 13.2 Å². The molecule has 3 rings (SSSR count). The lowest BCUT2D eigenvalue weighted by Crippen LogP contribution is -2.45. The van der Waals surface area contributed by atoms with Gasteiger partial charge in [-0.05, 0) is 68.9 Å². The van der Waals surface area contributed by atoms with Crippen molar-refractivity contribution in [3.8, 4) is 5.75 Å². The fourth-order valence-corrected chi connectivity index (χ4v) is 4.45. The summed E-state index contributed by atoms with van der Waals surface area (Å²) in [5.74, 6) is 3.37. The Morgan fingerprint density at radius 2 is 2.12 bits per heavy atom. The van der Waals surface area contributed by atoms with Crippen molar-refractivity contribution in [3.63, 3.8) is 0 Å². The van der Waals surface area contributed by atoms with Gasteiger partial charge in [0.1, 0.15) is 5.75 Å². The van der Waals surface area contributed by atoms with Crippen molar-refractivity contribution >= 4 is 6.03 Å². The van der Waals surface area contributed by atoms with E-state index < -0.39 is 0 Å². The Balaban J connectivity index is 1.29. The van der Waals surface area contributed by atoms with Crippen LogP contribution in [0.25, 0.3) is 0 Å². The van der Waals surface area contributed by atoms with E-state index in [0.29, 0.717) is 19.1 Å². The van der Waals surface area contributed by atoms with Crippen LogP contribution in [0.15, 0.2) is 24.3 Å². The number of hydrogen-bond donors (Lipinski definition) is 2. The van der Waals surface area contributed by atoms with Crippen LogP contribution in [0.4, 0.5) is 4.79 Å². The number of hydrogen-bond acceptors (Lipinski definition) is 2. The number of benzene rings is 1. The molecule has 24 heavy (non-hydrogen) atoms. The molecule has 2 bridgehead atoms. The third-order valence-corrected chi connectivity index (χ3v) is 5.75. The molecule has 4 atom stereocenters. The summed E-state index contributed by atoms with van der Waals surface area (Å²) in [6.07, 6.45) is 6.26. The number of aryl methyl sites for hydroxylation is 1. The van der Waals surface area contributed by atoms with Crippen LogP contribution in [-0.2, 0) is 0 Å². The van der Waals surface area contributed by atoms with Gasteiger partial charge in [-0.2, -0.15) is 0 Å². The van der Waals surface area contributed by atoms with E-state index in [1.165, 1.54) is 25.7 Å². The van der Waals surface area contributed by atoms with Crippen molar-refractivity contribution in [3.05, 3.63) is 29.8 Å². The number of rotatable bonds is 7. The molecule has 0 heterocycles. The maximum absolute atomic E-state index is 12.0. The predicted molar refractivity (Wildman–Crippen MR) is 96.2 cm³/mol. The average Bonchev–Trinajstić information content (AvgIpc) is 3.19. The Morgan fingerprint density at radius 3 is 2.83 bits per heavy atom. The van der Waals surface area contributed by atoms with E-state index in [4.69, 9.17) is 4.74 Å². The molecule has 0 aliphatic heterocycles. The lowest BCUT2D eigenvalue weighted by atomic mass is 9.84. The summed E-state index contributed by atoms with van der Waals surface area (Å²) in [4.78, 5) is 12.0. The molecule has 0 radical (unpaired) electrons. The van der Waals surface area contributed by atoms with Crippen molar-refractivity contribution in [2.24, 2.45) is 17.8 Å². The second-order valence-electron chi connectivity index (χ2n) is 7.50. The van der Waals surface area contributed by atoms with E-state index in [1.54, 1.807) is 0 Å². The first-order valence-electron chi connectivity index (χ1n) is 9.36. The SMILES string of the molecule is Cc1ccccc1OCCCNC(=O)NC(C)C1CC2CCC1C2. The summed E-state index contributed by atoms with van der Waals surface area (Å²) in [6.45, 7) is 5.46. The van der Waals surface area contributed by atoms with Gasteiger partial charge in [-0.15, -0.1) is 0 Å². The standard InChI is InChI=1S/C20H30N2O2/c1-14-6-3-4-7-19(14)24-11-5-10-21-20(23)22-15(2)18-13-16-8-9-17(18)12-16/h3-4,6-7,15-18H,5,8-13H2,1-2H3,(H2,21,22,23). The Kier molecular flexibility index (Phi) is 5.64. The van der Waals surface area contributed by atoms with Crippen molar-refractivity contribution in [1.82, 2.24) is 10.6 Å². The van der Waals surface area contributed by atoms with E-state index >= 15 is 0 Å². The van der Waals surface area contributed by atoms with Crippen molar-refractivity contribution in [2.45, 2.75) is 52.0 Å². The van der Waals surface area contributed by atoms with E-state index in [0.717, 1.165) is 29.6 Å². The summed E-state index contributed by atoms with van der Waals surface area (Å²) in [5, 5.41) is 6.09. The molecular weight excluding hydrogens is 300 g/mol. The van der Waals surface area contributed by atoms with Gasteiger partial charge in [0.2, 0.25) is 0 Å². The minimum atomic E-state index is -0.0406. The molecule has 2 aliphatic rings. The highest BCUT2D eigenvalue weighted by Crippen LogP contribution is 2.49. The molecule has 0 aromatic heterocycles. The molecule has 2 N–H and O–H groups in total. The molecule has 4 nitrogen and oxygen atoms in total. The molecule has 0 saturated heterocycles. The number of urea groups is 1. The summed E-state index contributed by atoms with van der Waals surface area (Å²) in [5.41, 5.74) is 1.14. The second kappa shape index (κ2) is 7.91. The van der Waals surface area contributed by atoms with Gasteiger partial charge in [-0.25, -0.2) is 4.79 Å². The van der Waals surface area contributed by atoms with E-state index in [9.17, 15) is 4.79 Å². The fourth-order valence-electron chi connectivity index (χ4n) is 4.45. The summed E-state index contributed by atoms with van der Waals surface area (Å²) < 4.78 is 5.74. The van der Waals surface area contributed by atoms with Crippen LogP contribution in [0.1, 0.15) is 44.6 Å². The molecule has 0 spiro atoms. The topological polar surface area (TPSA) is 50.4 Å². The smallest absolute Gasteiger partial charge is 0.315 e. The Bertz CT molecular complexity index is 560. The van der Waals surface area contributed by atoms with E-state index in [2.05, 4.69) is 17.6 Å². The van der Waals surface area contributed by atoms with Crippen molar-refractivity contribution < 1.29 is 9.53 Å². The molecule has 2 amide bonds. The first kappa shape index (κ1) is 17.1. The number of para-hydroxylation sites is 1. The van der Waals surface area contributed by atoms with Gasteiger partial charge in [0.05, 0.1) is 6.61 Å². The van der Waals surface area contributed by atoms with Crippen LogP contribution in [0.2, 0.25) is 0 Å². The minimum absolute atomic E-state index is 0.0406. The van der Waals surface area contributed by atoms with Crippen LogP contribution in [-0.4, -0.2) is 25.2 Å². The number of amides is 2. The quantitative estimate of drug-likeness (QED) is 0.745. The molecule has 4 unspecified atom stereocenters. The van der Waals surface area contributed by atoms with Crippen LogP contribution < -0.4 is 15.4 Å². The van der Waals surface area contributed by atoms with Gasteiger partial charge >= 0.3 is 6.03 Å². The first-order chi connectivity index (χ1) is 11.6. The van der Waals surface area contributed by atoms with Crippen LogP contribution in [0, 0.1) is 24.7 Å². The van der Waals surface area contributed by atoms with Crippen molar-refractivity contribution in [1.29, 1.82) is 0 Å². The number of fused-ring (bicyclic) bond motifs is 2. The number of carbonyl (C=O) groups is 1. The normalized spacial score (nSPS) is 26.2. The van der Waals surface area contributed by atoms with Gasteiger partial charge in [0.15, 0.2) is 0 Å². The summed E-state index contributed by atoms with van der Waals surface area (Å²) in [6, 6.07) is 8.24. The zero-order chi connectivity index (χ0) is 16.9. The fraction of sp³-hybridized carbons (Fsp3) is 0.650. The Morgan fingerprint density at radius 1 is 1.29 bits per heavy atom. The van der Waals surface area contributed by atoms with Crippen LogP contribution in [0.3, 0.4) is 0 Å². The van der Waals surface area contributed by atoms with Crippen LogP contribution in [0.5, 0.6) is 5.75 Å². The van der Waals surface area contributed by atoms with Gasteiger partial charge in [-0.3, -0.25) is 0 Å². The average molecular weight is 330 g/mol. The zero-order valence-corrected chi connectivity index (χ0v) is 14.9. The number of nitrogens with one attached hydrogen (secondary N) is 2. The summed E-state index contributed by atoms with van der Waals surface area (Å²) in [7, 11) is 0. The maximum atomic E-state index is 12.0. The molecule has 4 heteroatoms. The third-order valence-electron chi connectivity index (χ3n) is 5.75. The molecule has 2 saturated carbocycles. The van der Waals surface area contributed by atoms with Gasteiger partial charge < -0.3 is 15.4 Å². The Hall–Kier alpha value is -1.71. The van der Waals surface area contributed by atoms with Gasteiger partial charge in [-0.1, -0.05) is 24.6 Å². The highest BCUT2D eigenvalue weighted by atomic mass is 16.5. The van der Waals surface area contributed by atoms with Crippen LogP contribution >= 0.6 is 0 Å². The lowest BCUT2D eigenvalue weighted by molar-refractivity contribution is 0.219. The molecular formula is C20H30N2O2. The third kappa shape index (κ3) is 4.22. The monoisotopic (exact) mass is 330 g/mol. The highest BCUT2D eigenvalue weighted by molar-refractivity contribution is 5.74. The molecule has 1 aromatic rings. The molecule has 1 aromatic carbocycles. The van der Waals surface area contributed by atoms with E-state index in [-0.39, 0.29) is 12.1 Å². The molecule has 132 valence electrons. The maximum Gasteiger partial charge on any atom is 0.315 e. The van der Waals surface area contributed by atoms with E-state index in [1.807, 2.05) is 31.2 Å². The summed E-state index contributed by atoms with van der Waals surface area (Å²) >= 11 is 0. The predicted octanol–water partition coefficient (Wildman–Crippen LogP) is 3.89. The minimum Gasteiger partial charge on any atom is -0.493 e. The highest BCUT2D eigenvalue weighted by Gasteiger charge is 2.42. The van der Waals surface area contributed by atoms with Gasteiger partial charge in [0, 0.05) is 12.6 Å². The number of ether oxygens (including phenoxy) is 1. The lowest BCUT2D eigenvalue weighted by Gasteiger charge is -2.28. The zero-order valence-electron chi connectivity index (χ0n) is 14.9. The second-order valence-corrected chi connectivity index (χ2v) is 7.50. The van der Waals surface area contributed by atoms with Gasteiger partial charge in [0.25, 0.3) is 0 Å². The first-order valence-corrected chi connectivity index (χ1v) is 9.36. The largest absolute Gasteiger partial charge is 0.493 e. The number of carbonyl (C=O) groups excluding carboxylic acids is 1. The molecule has 2 fully saturated rings. The Labute approximate surface area is 145 Å². The molecule has 2 aliphatic carbocycles.